The van der Waals surface area contributed by atoms with Crippen LogP contribution in [0.1, 0.15) is 37.5 Å². The van der Waals surface area contributed by atoms with Crippen molar-refractivity contribution in [1.82, 2.24) is 15.3 Å². The van der Waals surface area contributed by atoms with Crippen molar-refractivity contribution in [2.45, 2.75) is 46.1 Å². The Labute approximate surface area is 92.3 Å². The molecule has 1 aromatic heterocycles. The number of hydrogen-bond donors (Lipinski definition) is 1. The van der Waals surface area contributed by atoms with Gasteiger partial charge in [0, 0.05) is 23.9 Å². The maximum Gasteiger partial charge on any atom is 0.125 e. The number of hydrogen-bond acceptors (Lipinski definition) is 3. The van der Waals surface area contributed by atoms with Crippen molar-refractivity contribution >= 4 is 0 Å². The number of rotatable bonds is 5. The first-order valence-corrected chi connectivity index (χ1v) is 5.70. The summed E-state index contributed by atoms with van der Waals surface area (Å²) in [4.78, 5) is 8.85. The lowest BCUT2D eigenvalue weighted by Gasteiger charge is -2.13. The van der Waals surface area contributed by atoms with Crippen LogP contribution in [-0.4, -0.2) is 23.1 Å². The Hall–Kier alpha value is -0.960. The standard InChI is InChI=1S/C12H21N3/c1-5-10(13-4)7-12-8-11(6-2)14-9(3)15-12/h8,10,13H,5-7H2,1-4H3. The lowest BCUT2D eigenvalue weighted by molar-refractivity contribution is 0.536. The van der Waals surface area contributed by atoms with E-state index in [4.69, 9.17) is 0 Å². The van der Waals surface area contributed by atoms with Crippen LogP contribution in [0.15, 0.2) is 6.07 Å². The van der Waals surface area contributed by atoms with E-state index in [0.717, 1.165) is 36.5 Å². The molecule has 15 heavy (non-hydrogen) atoms. The van der Waals surface area contributed by atoms with Crippen molar-refractivity contribution in [2.24, 2.45) is 0 Å². The minimum absolute atomic E-state index is 0.518. The van der Waals surface area contributed by atoms with Crippen molar-refractivity contribution < 1.29 is 0 Å². The molecule has 0 aliphatic rings. The van der Waals surface area contributed by atoms with Crippen LogP contribution in [0.4, 0.5) is 0 Å². The molecule has 0 amide bonds. The van der Waals surface area contributed by atoms with E-state index >= 15 is 0 Å². The van der Waals surface area contributed by atoms with Gasteiger partial charge in [-0.3, -0.25) is 0 Å². The van der Waals surface area contributed by atoms with Gasteiger partial charge in [0.1, 0.15) is 5.82 Å². The summed E-state index contributed by atoms with van der Waals surface area (Å²) < 4.78 is 0. The van der Waals surface area contributed by atoms with Crippen LogP contribution >= 0.6 is 0 Å². The molecule has 1 heterocycles. The molecule has 3 nitrogen and oxygen atoms in total. The zero-order chi connectivity index (χ0) is 11.3. The maximum absolute atomic E-state index is 4.47. The molecule has 0 radical (unpaired) electrons. The summed E-state index contributed by atoms with van der Waals surface area (Å²) in [6, 6.07) is 2.64. The van der Waals surface area contributed by atoms with Crippen LogP contribution in [-0.2, 0) is 12.8 Å². The van der Waals surface area contributed by atoms with Gasteiger partial charge in [-0.2, -0.15) is 0 Å². The van der Waals surface area contributed by atoms with Crippen LogP contribution in [0, 0.1) is 6.92 Å². The number of nitrogens with one attached hydrogen (secondary N) is 1. The Balaban J connectivity index is 2.79. The molecule has 1 atom stereocenters. The SMILES string of the molecule is CCc1cc(CC(CC)NC)nc(C)n1. The Bertz CT molecular complexity index is 306. The van der Waals surface area contributed by atoms with Crippen LogP contribution in [0.3, 0.4) is 0 Å². The highest BCUT2D eigenvalue weighted by molar-refractivity contribution is 5.12. The molecule has 0 saturated heterocycles. The number of aromatic nitrogens is 2. The highest BCUT2D eigenvalue weighted by Gasteiger charge is 2.07. The van der Waals surface area contributed by atoms with Gasteiger partial charge in [0.25, 0.3) is 0 Å². The van der Waals surface area contributed by atoms with Gasteiger partial charge in [-0.25, -0.2) is 9.97 Å². The fourth-order valence-electron chi connectivity index (χ4n) is 1.69. The molecule has 0 aliphatic heterocycles. The summed E-state index contributed by atoms with van der Waals surface area (Å²) in [5.41, 5.74) is 2.30. The Morgan fingerprint density at radius 2 is 1.93 bits per heavy atom. The van der Waals surface area contributed by atoms with Crippen LogP contribution in [0.2, 0.25) is 0 Å². The smallest absolute Gasteiger partial charge is 0.125 e. The minimum atomic E-state index is 0.518. The van der Waals surface area contributed by atoms with Crippen LogP contribution in [0.5, 0.6) is 0 Å². The quantitative estimate of drug-likeness (QED) is 0.801. The first-order chi connectivity index (χ1) is 7.19. The highest BCUT2D eigenvalue weighted by Crippen LogP contribution is 2.06. The fraction of sp³-hybridized carbons (Fsp3) is 0.667. The molecule has 0 bridgehead atoms. The molecular weight excluding hydrogens is 186 g/mol. The van der Waals surface area contributed by atoms with Gasteiger partial charge in [0.2, 0.25) is 0 Å². The third kappa shape index (κ3) is 3.59. The second kappa shape index (κ2) is 5.81. The molecule has 1 unspecified atom stereocenters. The molecule has 3 heteroatoms. The predicted octanol–water partition coefficient (Wildman–Crippen LogP) is 1.89. The molecular formula is C12H21N3. The van der Waals surface area contributed by atoms with Gasteiger partial charge in [-0.1, -0.05) is 13.8 Å². The Kier molecular flexibility index (Phi) is 4.69. The van der Waals surface area contributed by atoms with Crippen molar-refractivity contribution in [2.75, 3.05) is 7.05 Å². The Morgan fingerprint density at radius 1 is 1.27 bits per heavy atom. The van der Waals surface area contributed by atoms with Crippen molar-refractivity contribution in [3.8, 4) is 0 Å². The normalized spacial score (nSPS) is 12.8. The van der Waals surface area contributed by atoms with Gasteiger partial charge in [0.15, 0.2) is 0 Å². The average Bonchev–Trinajstić information content (AvgIpc) is 2.25. The molecule has 0 aromatic carbocycles. The summed E-state index contributed by atoms with van der Waals surface area (Å²) in [5, 5.41) is 3.30. The minimum Gasteiger partial charge on any atom is -0.317 e. The summed E-state index contributed by atoms with van der Waals surface area (Å²) >= 11 is 0. The summed E-state index contributed by atoms with van der Waals surface area (Å²) in [5.74, 6) is 0.885. The largest absolute Gasteiger partial charge is 0.317 e. The molecule has 0 spiro atoms. The molecule has 0 fully saturated rings. The van der Waals surface area contributed by atoms with Crippen molar-refractivity contribution in [3.05, 3.63) is 23.3 Å². The second-order valence-electron chi connectivity index (χ2n) is 3.85. The van der Waals surface area contributed by atoms with Crippen LogP contribution in [0.25, 0.3) is 0 Å². The van der Waals surface area contributed by atoms with Gasteiger partial charge in [0.05, 0.1) is 0 Å². The Morgan fingerprint density at radius 3 is 2.47 bits per heavy atom. The van der Waals surface area contributed by atoms with Gasteiger partial charge in [-0.05, 0) is 32.9 Å². The molecule has 1 rings (SSSR count). The lowest BCUT2D eigenvalue weighted by atomic mass is 10.1. The monoisotopic (exact) mass is 207 g/mol. The zero-order valence-corrected chi connectivity index (χ0v) is 10.2. The summed E-state index contributed by atoms with van der Waals surface area (Å²) in [6.07, 6.45) is 3.09. The van der Waals surface area contributed by atoms with E-state index in [1.54, 1.807) is 0 Å². The molecule has 84 valence electrons. The van der Waals surface area contributed by atoms with E-state index in [0.29, 0.717) is 6.04 Å². The van der Waals surface area contributed by atoms with Gasteiger partial charge >= 0.3 is 0 Å². The zero-order valence-electron chi connectivity index (χ0n) is 10.2. The van der Waals surface area contributed by atoms with E-state index in [1.807, 2.05) is 14.0 Å². The van der Waals surface area contributed by atoms with E-state index in [1.165, 1.54) is 0 Å². The molecule has 1 aromatic rings. The first kappa shape index (κ1) is 12.1. The van der Waals surface area contributed by atoms with E-state index in [2.05, 4.69) is 35.2 Å². The number of likely N-dealkylation sites (N-methyl/N-ethyl adjacent to an activating group) is 1. The predicted molar refractivity (Wildman–Crippen MR) is 63.0 cm³/mol. The summed E-state index contributed by atoms with van der Waals surface area (Å²) in [6.45, 7) is 6.28. The van der Waals surface area contributed by atoms with Gasteiger partial charge < -0.3 is 5.32 Å². The third-order valence-corrected chi connectivity index (χ3v) is 2.66. The van der Waals surface area contributed by atoms with Crippen molar-refractivity contribution in [1.29, 1.82) is 0 Å². The highest BCUT2D eigenvalue weighted by atomic mass is 14.9. The average molecular weight is 207 g/mol. The second-order valence-corrected chi connectivity index (χ2v) is 3.85. The fourth-order valence-corrected chi connectivity index (χ4v) is 1.69. The number of aryl methyl sites for hydroxylation is 2. The van der Waals surface area contributed by atoms with E-state index in [9.17, 15) is 0 Å². The van der Waals surface area contributed by atoms with E-state index < -0.39 is 0 Å². The lowest BCUT2D eigenvalue weighted by Crippen LogP contribution is -2.27. The maximum atomic E-state index is 4.47. The van der Waals surface area contributed by atoms with Gasteiger partial charge in [-0.15, -0.1) is 0 Å². The topological polar surface area (TPSA) is 37.8 Å². The molecule has 0 aliphatic carbocycles. The van der Waals surface area contributed by atoms with Crippen LogP contribution < -0.4 is 5.32 Å². The van der Waals surface area contributed by atoms with Crippen molar-refractivity contribution in [3.63, 3.8) is 0 Å². The summed E-state index contributed by atoms with van der Waals surface area (Å²) in [7, 11) is 2.00. The number of nitrogens with zero attached hydrogens (tertiary/aromatic N) is 2. The molecule has 0 saturated carbocycles. The third-order valence-electron chi connectivity index (χ3n) is 2.66. The van der Waals surface area contributed by atoms with E-state index in [-0.39, 0.29) is 0 Å². The first-order valence-electron chi connectivity index (χ1n) is 5.70. The molecule has 1 N–H and O–H groups in total.